The molecule has 33 heavy (non-hydrogen) atoms. The highest BCUT2D eigenvalue weighted by Gasteiger charge is 2.44. The molecule has 3 aromatic heterocycles. The van der Waals surface area contributed by atoms with Gasteiger partial charge >= 0.3 is 0 Å². The maximum absolute atomic E-state index is 14.5. The smallest absolute Gasteiger partial charge is 0.280 e. The first-order valence-electron chi connectivity index (χ1n) is 11.0. The van der Waals surface area contributed by atoms with Crippen molar-refractivity contribution in [1.29, 1.82) is 0 Å². The van der Waals surface area contributed by atoms with Crippen LogP contribution in [0, 0.1) is 0 Å². The number of hydrogen-bond acceptors (Lipinski definition) is 7. The highest BCUT2D eigenvalue weighted by molar-refractivity contribution is 5.89. The number of aromatic nitrogens is 6. The standard InChI is InChI=1S/C21H23F3N8O/c1-30-8-6-17(21(23,24)12-30)25-20-26-19(33-2)18-14(5-9-32(18)28-20)13-3-4-15-16(11-13)31(10-7-22)29-27-15/h3-5,9,11,17H,6-8,10,12H2,1-2H3,(H,25,28)/t17-/m1/s1/i9D. The second-order valence-corrected chi connectivity index (χ2v) is 8.08. The summed E-state index contributed by atoms with van der Waals surface area (Å²) in [5, 5.41) is 15.1. The first-order chi connectivity index (χ1) is 16.3. The molecule has 0 aliphatic carbocycles. The lowest BCUT2D eigenvalue weighted by atomic mass is 10.0. The van der Waals surface area contributed by atoms with E-state index in [-0.39, 0.29) is 37.5 Å². The van der Waals surface area contributed by atoms with E-state index in [9.17, 15) is 13.2 Å². The lowest BCUT2D eigenvalue weighted by Gasteiger charge is -2.36. The van der Waals surface area contributed by atoms with Gasteiger partial charge in [-0.15, -0.1) is 10.2 Å². The highest BCUT2D eigenvalue weighted by atomic mass is 19.3. The zero-order valence-corrected chi connectivity index (χ0v) is 18.1. The molecule has 4 heterocycles. The molecule has 1 aliphatic rings. The second-order valence-electron chi connectivity index (χ2n) is 8.08. The molecule has 0 bridgehead atoms. The number of anilines is 1. The van der Waals surface area contributed by atoms with Crippen LogP contribution in [-0.2, 0) is 6.54 Å². The van der Waals surface area contributed by atoms with E-state index in [4.69, 9.17) is 6.11 Å². The van der Waals surface area contributed by atoms with Crippen molar-refractivity contribution in [3.05, 3.63) is 30.4 Å². The zero-order chi connectivity index (χ0) is 24.0. The number of likely N-dealkylation sites (tertiary alicyclic amines) is 1. The number of methoxy groups -OCH3 is 1. The molecule has 1 aliphatic heterocycles. The average molecular weight is 461 g/mol. The second kappa shape index (κ2) is 8.18. The number of alkyl halides is 3. The predicted octanol–water partition coefficient (Wildman–Crippen LogP) is 2.87. The van der Waals surface area contributed by atoms with E-state index in [1.54, 1.807) is 36.2 Å². The van der Waals surface area contributed by atoms with E-state index in [1.165, 1.54) is 16.3 Å². The van der Waals surface area contributed by atoms with E-state index < -0.39 is 18.6 Å². The Bertz CT molecular complexity index is 1360. The van der Waals surface area contributed by atoms with Gasteiger partial charge in [-0.1, -0.05) is 11.3 Å². The monoisotopic (exact) mass is 461 g/mol. The third-order valence-corrected chi connectivity index (χ3v) is 5.81. The van der Waals surface area contributed by atoms with Crippen LogP contribution in [0.5, 0.6) is 5.88 Å². The number of nitrogens with one attached hydrogen (secondary N) is 1. The summed E-state index contributed by atoms with van der Waals surface area (Å²) < 4.78 is 58.6. The summed E-state index contributed by atoms with van der Waals surface area (Å²) >= 11 is 0. The van der Waals surface area contributed by atoms with Crippen molar-refractivity contribution in [2.75, 3.05) is 39.2 Å². The van der Waals surface area contributed by atoms with Gasteiger partial charge in [-0.2, -0.15) is 4.98 Å². The summed E-state index contributed by atoms with van der Waals surface area (Å²) in [7, 11) is 3.07. The summed E-state index contributed by atoms with van der Waals surface area (Å²) in [5.41, 5.74) is 2.98. The highest BCUT2D eigenvalue weighted by Crippen LogP contribution is 2.34. The number of ether oxygens (including phenoxy) is 1. The van der Waals surface area contributed by atoms with Crippen molar-refractivity contribution in [3.8, 4) is 17.0 Å². The van der Waals surface area contributed by atoms with Crippen molar-refractivity contribution in [2.45, 2.75) is 24.9 Å². The van der Waals surface area contributed by atoms with Gasteiger partial charge in [0.2, 0.25) is 11.8 Å². The Hall–Kier alpha value is -3.41. The van der Waals surface area contributed by atoms with E-state index in [1.807, 2.05) is 0 Å². The van der Waals surface area contributed by atoms with Crippen LogP contribution >= 0.6 is 0 Å². The molecule has 5 rings (SSSR count). The van der Waals surface area contributed by atoms with Crippen LogP contribution in [0.1, 0.15) is 7.79 Å². The Morgan fingerprint density at radius 2 is 2.18 bits per heavy atom. The van der Waals surface area contributed by atoms with Crippen molar-refractivity contribution >= 4 is 22.5 Å². The van der Waals surface area contributed by atoms with Crippen LogP contribution in [0.15, 0.2) is 30.4 Å². The number of piperidine rings is 1. The molecule has 1 aromatic carbocycles. The zero-order valence-electron chi connectivity index (χ0n) is 19.1. The Morgan fingerprint density at radius 1 is 1.33 bits per heavy atom. The van der Waals surface area contributed by atoms with Crippen LogP contribution in [0.25, 0.3) is 27.7 Å². The molecule has 0 radical (unpaired) electrons. The first kappa shape index (κ1) is 20.2. The predicted molar refractivity (Wildman–Crippen MR) is 117 cm³/mol. The number of nitrogens with zero attached hydrogens (tertiary/aromatic N) is 7. The van der Waals surface area contributed by atoms with Crippen molar-refractivity contribution in [2.24, 2.45) is 0 Å². The topological polar surface area (TPSA) is 85.4 Å². The lowest BCUT2D eigenvalue weighted by molar-refractivity contribution is -0.0675. The molecule has 4 aromatic rings. The Labute approximate surface area is 188 Å². The molecule has 0 saturated carbocycles. The van der Waals surface area contributed by atoms with Crippen LogP contribution in [0.3, 0.4) is 0 Å². The molecule has 0 spiro atoms. The summed E-state index contributed by atoms with van der Waals surface area (Å²) in [4.78, 5) is 5.90. The fourth-order valence-electron chi connectivity index (χ4n) is 4.17. The third-order valence-electron chi connectivity index (χ3n) is 5.81. The van der Waals surface area contributed by atoms with Crippen molar-refractivity contribution in [3.63, 3.8) is 0 Å². The maximum Gasteiger partial charge on any atom is 0.280 e. The van der Waals surface area contributed by atoms with E-state index in [0.29, 0.717) is 34.2 Å². The molecule has 0 amide bonds. The molecular formula is C21H23F3N8O. The number of aryl methyl sites for hydroxylation is 1. The van der Waals surface area contributed by atoms with Gasteiger partial charge < -0.3 is 15.0 Å². The van der Waals surface area contributed by atoms with Crippen LogP contribution in [0.2, 0.25) is 0 Å². The van der Waals surface area contributed by atoms with Crippen LogP contribution in [0.4, 0.5) is 19.1 Å². The van der Waals surface area contributed by atoms with E-state index in [2.05, 4.69) is 25.7 Å². The Morgan fingerprint density at radius 3 is 2.94 bits per heavy atom. The van der Waals surface area contributed by atoms with Gasteiger partial charge in [0.15, 0.2) is 0 Å². The summed E-state index contributed by atoms with van der Waals surface area (Å²) in [6.07, 6.45) is 0.248. The molecule has 12 heteroatoms. The Kier molecular flexibility index (Phi) is 5.01. The van der Waals surface area contributed by atoms with Gasteiger partial charge in [-0.05, 0) is 37.2 Å². The van der Waals surface area contributed by atoms with Gasteiger partial charge in [-0.3, -0.25) is 0 Å². The summed E-state index contributed by atoms with van der Waals surface area (Å²) in [6, 6.07) is 5.80. The number of rotatable bonds is 6. The van der Waals surface area contributed by atoms with Gasteiger partial charge in [0.1, 0.15) is 17.7 Å². The number of hydrogen-bond donors (Lipinski definition) is 1. The number of benzene rings is 1. The van der Waals surface area contributed by atoms with Crippen molar-refractivity contribution < 1.29 is 19.3 Å². The molecule has 1 saturated heterocycles. The molecule has 1 fully saturated rings. The van der Waals surface area contributed by atoms with Gasteiger partial charge in [0.05, 0.1) is 33.1 Å². The fraction of sp³-hybridized carbons (Fsp3) is 0.429. The third kappa shape index (κ3) is 3.84. The van der Waals surface area contributed by atoms with Gasteiger partial charge in [0.25, 0.3) is 5.92 Å². The lowest BCUT2D eigenvalue weighted by Crippen LogP contribution is -2.53. The minimum atomic E-state index is -2.96. The van der Waals surface area contributed by atoms with E-state index in [0.717, 1.165) is 0 Å². The fourth-order valence-corrected chi connectivity index (χ4v) is 4.17. The molecule has 0 unspecified atom stereocenters. The minimum Gasteiger partial charge on any atom is -0.479 e. The molecule has 1 N–H and O–H groups in total. The average Bonchev–Trinajstić information content (AvgIpc) is 3.36. The van der Waals surface area contributed by atoms with Crippen LogP contribution < -0.4 is 10.1 Å². The Balaban J connectivity index is 1.57. The first-order valence-corrected chi connectivity index (χ1v) is 10.5. The SMILES string of the molecule is [2H]c1cc(-c2ccc3nnn(CCF)c3c2)c2c(OC)nc(N[C@@H]3CCN(C)CC3(F)F)nn12. The minimum absolute atomic E-state index is 0.0272. The van der Waals surface area contributed by atoms with Gasteiger partial charge in [-0.25, -0.2) is 22.4 Å². The van der Waals surface area contributed by atoms with Crippen molar-refractivity contribution in [1.82, 2.24) is 34.5 Å². The van der Waals surface area contributed by atoms with Crippen LogP contribution in [-0.4, -0.2) is 80.4 Å². The maximum atomic E-state index is 14.5. The summed E-state index contributed by atoms with van der Waals surface area (Å²) in [5.74, 6) is -2.87. The molecule has 9 nitrogen and oxygen atoms in total. The largest absolute Gasteiger partial charge is 0.479 e. The molecular weight excluding hydrogens is 437 g/mol. The normalized spacial score (nSPS) is 19.2. The molecule has 174 valence electrons. The molecule has 1 atom stereocenters. The number of fused-ring (bicyclic) bond motifs is 2. The quantitative estimate of drug-likeness (QED) is 0.473. The summed E-state index contributed by atoms with van der Waals surface area (Å²) in [6.45, 7) is -0.357. The van der Waals surface area contributed by atoms with E-state index >= 15 is 0 Å². The number of halogens is 3. The van der Waals surface area contributed by atoms with Gasteiger partial charge in [0, 0.05) is 18.3 Å².